The summed E-state index contributed by atoms with van der Waals surface area (Å²) >= 11 is 0. The third-order valence-corrected chi connectivity index (χ3v) is 12.9. The topological polar surface area (TPSA) is 311 Å². The first kappa shape index (κ1) is 72.4. The Labute approximate surface area is 460 Å². The van der Waals surface area contributed by atoms with Gasteiger partial charge in [0.2, 0.25) is 0 Å². The average molecular weight is 1040 g/mol. The maximum Gasteiger partial charge on any atom is 1.00 e. The number of carbonyl (C=O) groups is 2. The molecule has 25 heteroatoms. The summed E-state index contributed by atoms with van der Waals surface area (Å²) < 4.78 is 64.4. The molecule has 1 aliphatic rings. The summed E-state index contributed by atoms with van der Waals surface area (Å²) in [6.45, 7) is 2.78. The van der Waals surface area contributed by atoms with Gasteiger partial charge in [-0.2, -0.15) is 0 Å². The molecule has 0 spiro atoms. The van der Waals surface area contributed by atoms with Gasteiger partial charge in [-0.3, -0.25) is 23.3 Å². The van der Waals surface area contributed by atoms with E-state index in [1.807, 2.05) is 0 Å². The molecule has 5 unspecified atom stereocenters. The summed E-state index contributed by atoms with van der Waals surface area (Å²) in [7, 11) is -17.4. The zero-order valence-electron chi connectivity index (χ0n) is 40.5. The van der Waals surface area contributed by atoms with Gasteiger partial charge in [-0.1, -0.05) is 168 Å². The first-order chi connectivity index (χ1) is 29.8. The first-order valence-corrected chi connectivity index (χ1v) is 27.7. The Balaban J connectivity index is -0.0000132. The molecule has 1 fully saturated rings. The van der Waals surface area contributed by atoms with Crippen molar-refractivity contribution in [2.75, 3.05) is 13.2 Å². The summed E-state index contributed by atoms with van der Waals surface area (Å²) in [5.74, 6) is -1.36. The van der Waals surface area contributed by atoms with Crippen molar-refractivity contribution in [1.29, 1.82) is 0 Å². The first-order valence-electron chi connectivity index (χ1n) is 23.3. The Bertz CT molecular complexity index is 1330. The molecule has 0 saturated heterocycles. The number of hydrogen-bond donors (Lipinski definition) is 5. The Kier molecular flexibility index (Phi) is 46.6. The van der Waals surface area contributed by atoms with E-state index < -0.39 is 91.3 Å². The molecule has 66 heavy (non-hydrogen) atoms. The van der Waals surface area contributed by atoms with Crippen molar-refractivity contribution < 1.29 is 179 Å². The van der Waals surface area contributed by atoms with Crippen LogP contribution in [0.15, 0.2) is 0 Å². The monoisotopic (exact) mass is 1040 g/mol. The summed E-state index contributed by atoms with van der Waals surface area (Å²) in [5.41, 5.74) is 0. The normalized spacial score (nSPS) is 22.6. The number of carbonyl (C=O) groups excluding carboxylic acids is 2. The predicted molar refractivity (Wildman–Crippen MR) is 227 cm³/mol. The second kappa shape index (κ2) is 42.5. The molecule has 5 N–H and O–H groups in total. The molecule has 0 heterocycles. The van der Waals surface area contributed by atoms with Crippen molar-refractivity contribution in [3.05, 3.63) is 0 Å². The van der Waals surface area contributed by atoms with Gasteiger partial charge in [0, 0.05) is 12.8 Å². The average Bonchev–Trinajstić information content (AvgIpc) is 3.20. The zero-order chi connectivity index (χ0) is 47.2. The summed E-state index contributed by atoms with van der Waals surface area (Å²) in [6, 6.07) is 0. The molecule has 0 bridgehead atoms. The molecule has 1 saturated carbocycles. The molecular formula is C41H78Na3O19P3. The number of rotatable bonds is 40. The van der Waals surface area contributed by atoms with Crippen molar-refractivity contribution in [2.24, 2.45) is 0 Å². The van der Waals surface area contributed by atoms with E-state index in [-0.39, 0.29) is 102 Å². The smallest absolute Gasteiger partial charge is 0.756 e. The third kappa shape index (κ3) is 37.8. The van der Waals surface area contributed by atoms with Gasteiger partial charge in [0.25, 0.3) is 23.5 Å². The van der Waals surface area contributed by atoms with Gasteiger partial charge in [0.1, 0.15) is 43.2 Å². The van der Waals surface area contributed by atoms with E-state index in [4.69, 9.17) is 28.3 Å². The number of aliphatic hydroxyl groups is 3. The van der Waals surface area contributed by atoms with E-state index in [0.29, 0.717) is 12.8 Å². The maximum absolute atomic E-state index is 13.0. The minimum absolute atomic E-state index is 0. The van der Waals surface area contributed by atoms with Gasteiger partial charge in [0.15, 0.2) is 6.10 Å². The predicted octanol–water partition coefficient (Wildman–Crippen LogP) is -2.93. The van der Waals surface area contributed by atoms with E-state index in [0.717, 1.165) is 57.8 Å². The van der Waals surface area contributed by atoms with Gasteiger partial charge >= 0.3 is 101 Å². The quantitative estimate of drug-likeness (QED) is 0.0178. The van der Waals surface area contributed by atoms with Crippen LogP contribution in [0.3, 0.4) is 0 Å². The van der Waals surface area contributed by atoms with E-state index in [1.54, 1.807) is 0 Å². The molecule has 1 rings (SSSR count). The van der Waals surface area contributed by atoms with Gasteiger partial charge in [-0.15, -0.1) is 0 Å². The summed E-state index contributed by atoms with van der Waals surface area (Å²) in [6.07, 6.45) is 11.6. The second-order valence-electron chi connectivity index (χ2n) is 16.6. The van der Waals surface area contributed by atoms with Crippen LogP contribution < -0.4 is 103 Å². The van der Waals surface area contributed by atoms with Crippen LogP contribution in [0, 0.1) is 0 Å². The second-order valence-corrected chi connectivity index (χ2v) is 20.3. The number of esters is 2. The fraction of sp³-hybridized carbons (Fsp3) is 0.951. The molecule has 374 valence electrons. The van der Waals surface area contributed by atoms with Crippen LogP contribution >= 0.6 is 23.5 Å². The van der Waals surface area contributed by atoms with Crippen molar-refractivity contribution in [3.63, 3.8) is 0 Å². The van der Waals surface area contributed by atoms with Gasteiger partial charge in [0.05, 0.1) is 6.61 Å². The maximum atomic E-state index is 13.0. The number of phosphoric ester groups is 3. The van der Waals surface area contributed by atoms with Crippen LogP contribution in [0.2, 0.25) is 0 Å². The molecule has 19 nitrogen and oxygen atoms in total. The van der Waals surface area contributed by atoms with Crippen LogP contribution in [-0.4, -0.2) is 93.0 Å². The molecule has 1 aliphatic carbocycles. The van der Waals surface area contributed by atoms with E-state index >= 15 is 0 Å². The molecule has 0 amide bonds. The van der Waals surface area contributed by atoms with E-state index in [2.05, 4.69) is 22.9 Å². The zero-order valence-corrected chi connectivity index (χ0v) is 49.2. The fourth-order valence-electron chi connectivity index (χ4n) is 7.40. The Morgan fingerprint density at radius 3 is 1.08 bits per heavy atom. The molecule has 0 radical (unpaired) electrons. The molecule has 0 aromatic carbocycles. The van der Waals surface area contributed by atoms with Gasteiger partial charge in [-0.05, 0) is 12.8 Å². The van der Waals surface area contributed by atoms with E-state index in [9.17, 15) is 53.3 Å². The largest absolute Gasteiger partial charge is 1.00 e. The Hall–Kier alpha value is 2.15. The van der Waals surface area contributed by atoms with Crippen molar-refractivity contribution >= 4 is 35.4 Å². The van der Waals surface area contributed by atoms with Gasteiger partial charge in [-0.25, -0.2) is 0 Å². The molecular weight excluding hydrogens is 958 g/mol. The van der Waals surface area contributed by atoms with Crippen molar-refractivity contribution in [1.82, 2.24) is 0 Å². The molecule has 0 aliphatic heterocycles. The molecule has 0 aromatic rings. The SMILES string of the molecule is CCCCCCCCCCCCCCCC(=O)OC[C@H](COP(=O)([O-])OC1[C@H](O)[C@H](OP(=O)([O-])O)C(O)[C@H](OP(=O)([O-])O)[C@H]1O)OC(=O)CCCCCCCCCCCCCCC.[Na+].[Na+].[Na+]. The summed E-state index contributed by atoms with van der Waals surface area (Å²) in [5, 5.41) is 31.6. The number of unbranched alkanes of at least 4 members (excludes halogenated alkanes) is 24. The van der Waals surface area contributed by atoms with Gasteiger partial charge < -0.3 is 67.4 Å². The number of phosphoric acid groups is 3. The number of ether oxygens (including phenoxy) is 2. The minimum atomic E-state index is -5.83. The minimum Gasteiger partial charge on any atom is -0.756 e. The standard InChI is InChI=1S/C41H81O19P3.3Na/c1-3-5-7-9-11-13-15-17-19-21-23-25-27-29-34(42)55-31-33(57-35(43)30-28-26-24-22-20-18-16-14-12-10-8-6-4-2)32-56-63(53,54)60-41-37(45)39(58-61(47,48)49)36(44)40(38(41)46)59-62(50,51)52;;;/h33,36-41,44-46H,3-32H2,1-2H3,(H,53,54)(H2,47,48,49)(H2,50,51,52);;;/q;3*+1/p-3/t33-,36?,37-,38-,39-,40+,41?;;;/m1.../s1. The fourth-order valence-corrected chi connectivity index (χ4v) is 9.47. The van der Waals surface area contributed by atoms with Crippen LogP contribution in [0.4, 0.5) is 0 Å². The van der Waals surface area contributed by atoms with Crippen LogP contribution in [0.5, 0.6) is 0 Å². The van der Waals surface area contributed by atoms with Crippen molar-refractivity contribution in [2.45, 2.75) is 236 Å². The van der Waals surface area contributed by atoms with Crippen LogP contribution in [-0.2, 0) is 50.9 Å². The number of hydrogen-bond acceptors (Lipinski definition) is 17. The van der Waals surface area contributed by atoms with Crippen LogP contribution in [0.1, 0.15) is 194 Å². The third-order valence-electron chi connectivity index (χ3n) is 10.9. The van der Waals surface area contributed by atoms with Crippen LogP contribution in [0.25, 0.3) is 0 Å². The Morgan fingerprint density at radius 1 is 0.470 bits per heavy atom. The Morgan fingerprint density at radius 2 is 0.758 bits per heavy atom. The number of aliphatic hydroxyl groups excluding tert-OH is 3. The molecule has 0 aromatic heterocycles. The molecule has 10 atom stereocenters. The van der Waals surface area contributed by atoms with E-state index in [1.165, 1.54) is 96.3 Å². The van der Waals surface area contributed by atoms with Crippen molar-refractivity contribution in [3.8, 4) is 0 Å². The summed E-state index contributed by atoms with van der Waals surface area (Å²) in [4.78, 5) is 79.5.